The number of allylic oxidation sites excluding steroid dienone is 1. The van der Waals surface area contributed by atoms with Crippen LogP contribution in [0.5, 0.6) is 0 Å². The van der Waals surface area contributed by atoms with Gasteiger partial charge in [0.05, 0.1) is 6.08 Å². The van der Waals surface area contributed by atoms with Gasteiger partial charge < -0.3 is 4.90 Å². The lowest BCUT2D eigenvalue weighted by Crippen LogP contribution is -2.26. The van der Waals surface area contributed by atoms with Crippen molar-refractivity contribution in [3.05, 3.63) is 64.9 Å². The molecule has 1 aromatic heterocycles. The molecule has 0 saturated carbocycles. The SMILES string of the molecule is O=C(/C=C\[n+]1ccc(N2CCCC2)cc1)c1ccc(Br)cc1. The molecule has 0 amide bonds. The topological polar surface area (TPSA) is 24.2 Å². The number of anilines is 1. The van der Waals surface area contributed by atoms with Gasteiger partial charge in [0.15, 0.2) is 24.4 Å². The van der Waals surface area contributed by atoms with Crippen LogP contribution in [0.2, 0.25) is 0 Å². The standard InChI is InChI=1S/C18H18BrN2O/c19-16-5-3-15(4-6-16)18(22)9-14-20-12-7-17(8-13-20)21-10-1-2-11-21/h3-9,12-14H,1-2,10-11H2/q+1/b14-9-. The highest BCUT2D eigenvalue weighted by Crippen LogP contribution is 2.18. The van der Waals surface area contributed by atoms with Gasteiger partial charge in [-0.05, 0) is 37.1 Å². The van der Waals surface area contributed by atoms with E-state index in [-0.39, 0.29) is 5.78 Å². The van der Waals surface area contributed by atoms with E-state index in [4.69, 9.17) is 0 Å². The van der Waals surface area contributed by atoms with Gasteiger partial charge in [0.25, 0.3) is 0 Å². The first-order chi connectivity index (χ1) is 10.7. The van der Waals surface area contributed by atoms with Crippen molar-refractivity contribution in [2.24, 2.45) is 0 Å². The van der Waals surface area contributed by atoms with Crippen LogP contribution in [0.4, 0.5) is 5.69 Å². The quantitative estimate of drug-likeness (QED) is 0.473. The molecule has 0 aliphatic carbocycles. The van der Waals surface area contributed by atoms with E-state index in [1.54, 1.807) is 12.3 Å². The summed E-state index contributed by atoms with van der Waals surface area (Å²) in [5.74, 6) is 0.00335. The summed E-state index contributed by atoms with van der Waals surface area (Å²) in [6, 6.07) is 11.6. The summed E-state index contributed by atoms with van der Waals surface area (Å²) < 4.78 is 2.87. The molecule has 1 aliphatic heterocycles. The third-order valence-corrected chi connectivity index (χ3v) is 4.36. The molecule has 4 heteroatoms. The number of carbonyl (C=O) groups excluding carboxylic acids is 1. The van der Waals surface area contributed by atoms with Gasteiger partial charge in [0.1, 0.15) is 0 Å². The van der Waals surface area contributed by atoms with Crippen LogP contribution in [0.3, 0.4) is 0 Å². The lowest BCUT2D eigenvalue weighted by molar-refractivity contribution is -0.568. The van der Waals surface area contributed by atoms with Crippen molar-refractivity contribution >= 4 is 33.6 Å². The number of ketones is 1. The van der Waals surface area contributed by atoms with Crippen molar-refractivity contribution in [1.82, 2.24) is 0 Å². The molecule has 3 rings (SSSR count). The maximum atomic E-state index is 12.1. The van der Waals surface area contributed by atoms with E-state index in [0.717, 1.165) is 17.6 Å². The average molecular weight is 358 g/mol. The first-order valence-electron chi connectivity index (χ1n) is 7.46. The molecule has 22 heavy (non-hydrogen) atoms. The summed E-state index contributed by atoms with van der Waals surface area (Å²) in [6.45, 7) is 2.28. The Labute approximate surface area is 139 Å². The zero-order chi connectivity index (χ0) is 15.4. The highest BCUT2D eigenvalue weighted by molar-refractivity contribution is 9.10. The maximum Gasteiger partial charge on any atom is 0.191 e. The summed E-state index contributed by atoms with van der Waals surface area (Å²) in [5.41, 5.74) is 1.94. The van der Waals surface area contributed by atoms with Crippen LogP contribution < -0.4 is 9.47 Å². The number of hydrogen-bond acceptors (Lipinski definition) is 2. The van der Waals surface area contributed by atoms with Crippen LogP contribution in [-0.4, -0.2) is 18.9 Å². The molecule has 0 N–H and O–H groups in total. The Morgan fingerprint density at radius 3 is 2.32 bits per heavy atom. The molecule has 0 unspecified atom stereocenters. The first kappa shape index (κ1) is 15.0. The number of pyridine rings is 1. The predicted molar refractivity (Wildman–Crippen MR) is 91.9 cm³/mol. The van der Waals surface area contributed by atoms with Gasteiger partial charge in [0, 0.05) is 40.9 Å². The largest absolute Gasteiger partial charge is 0.371 e. The highest BCUT2D eigenvalue weighted by atomic mass is 79.9. The van der Waals surface area contributed by atoms with Gasteiger partial charge in [-0.3, -0.25) is 4.79 Å². The van der Waals surface area contributed by atoms with Crippen LogP contribution in [-0.2, 0) is 0 Å². The number of nitrogens with zero attached hydrogens (tertiary/aromatic N) is 2. The molecule has 2 aromatic rings. The van der Waals surface area contributed by atoms with Gasteiger partial charge >= 0.3 is 0 Å². The lowest BCUT2D eigenvalue weighted by Gasteiger charge is -2.15. The Hall–Kier alpha value is -1.94. The van der Waals surface area contributed by atoms with Crippen LogP contribution in [0, 0.1) is 0 Å². The minimum absolute atomic E-state index is 0.00335. The summed E-state index contributed by atoms with van der Waals surface area (Å²) in [4.78, 5) is 14.5. The monoisotopic (exact) mass is 357 g/mol. The third-order valence-electron chi connectivity index (χ3n) is 3.83. The van der Waals surface area contributed by atoms with E-state index in [1.165, 1.54) is 18.5 Å². The van der Waals surface area contributed by atoms with Crippen LogP contribution >= 0.6 is 15.9 Å². The second-order valence-corrected chi connectivity index (χ2v) is 6.30. The van der Waals surface area contributed by atoms with Crippen molar-refractivity contribution in [3.8, 4) is 0 Å². The van der Waals surface area contributed by atoms with Crippen molar-refractivity contribution < 1.29 is 9.36 Å². The summed E-state index contributed by atoms with van der Waals surface area (Å²) in [6.07, 6.45) is 9.90. The Morgan fingerprint density at radius 1 is 1.05 bits per heavy atom. The van der Waals surface area contributed by atoms with Crippen molar-refractivity contribution in [3.63, 3.8) is 0 Å². The minimum atomic E-state index is 0.00335. The molecule has 0 bridgehead atoms. The fraction of sp³-hybridized carbons (Fsp3) is 0.222. The molecule has 3 nitrogen and oxygen atoms in total. The molecule has 1 fully saturated rings. The Balaban J connectivity index is 1.67. The van der Waals surface area contributed by atoms with E-state index in [1.807, 2.05) is 41.2 Å². The van der Waals surface area contributed by atoms with Crippen molar-refractivity contribution in [2.75, 3.05) is 18.0 Å². The van der Waals surface area contributed by atoms with E-state index in [0.29, 0.717) is 5.56 Å². The highest BCUT2D eigenvalue weighted by Gasteiger charge is 2.13. The average Bonchev–Trinajstić information content (AvgIpc) is 3.08. The number of carbonyl (C=O) groups is 1. The first-order valence-corrected chi connectivity index (χ1v) is 8.25. The molecule has 1 saturated heterocycles. The van der Waals surface area contributed by atoms with Gasteiger partial charge in [-0.2, -0.15) is 4.57 Å². The number of benzene rings is 1. The Kier molecular flexibility index (Phi) is 4.68. The summed E-state index contributed by atoms with van der Waals surface area (Å²) >= 11 is 3.37. The Morgan fingerprint density at radius 2 is 1.68 bits per heavy atom. The van der Waals surface area contributed by atoms with Gasteiger partial charge in [0.2, 0.25) is 0 Å². The number of rotatable bonds is 4. The minimum Gasteiger partial charge on any atom is -0.371 e. The number of halogens is 1. The van der Waals surface area contributed by atoms with E-state index >= 15 is 0 Å². The third kappa shape index (κ3) is 3.63. The lowest BCUT2D eigenvalue weighted by atomic mass is 10.1. The second-order valence-electron chi connectivity index (χ2n) is 5.38. The van der Waals surface area contributed by atoms with E-state index in [2.05, 4.69) is 33.0 Å². The van der Waals surface area contributed by atoms with Gasteiger partial charge in [-0.1, -0.05) is 15.9 Å². The van der Waals surface area contributed by atoms with Gasteiger partial charge in [-0.25, -0.2) is 0 Å². The van der Waals surface area contributed by atoms with E-state index < -0.39 is 0 Å². The summed E-state index contributed by atoms with van der Waals surface area (Å²) in [5, 5.41) is 0. The molecule has 112 valence electrons. The normalized spacial score (nSPS) is 14.7. The Bertz CT molecular complexity index is 671. The molecule has 0 radical (unpaired) electrons. The van der Waals surface area contributed by atoms with E-state index in [9.17, 15) is 4.79 Å². The van der Waals surface area contributed by atoms with Crippen molar-refractivity contribution in [2.45, 2.75) is 12.8 Å². The maximum absolute atomic E-state index is 12.1. The molecule has 0 spiro atoms. The van der Waals surface area contributed by atoms with Crippen LogP contribution in [0.15, 0.2) is 59.3 Å². The molecule has 1 aliphatic rings. The molecular formula is C18H18BrN2O+. The van der Waals surface area contributed by atoms with Gasteiger partial charge in [-0.15, -0.1) is 0 Å². The van der Waals surface area contributed by atoms with Crippen LogP contribution in [0.1, 0.15) is 23.2 Å². The molecule has 2 heterocycles. The number of hydrogen-bond donors (Lipinski definition) is 0. The second kappa shape index (κ2) is 6.88. The molecular weight excluding hydrogens is 340 g/mol. The zero-order valence-corrected chi connectivity index (χ0v) is 13.9. The fourth-order valence-electron chi connectivity index (χ4n) is 2.58. The number of aromatic nitrogens is 1. The fourth-order valence-corrected chi connectivity index (χ4v) is 2.84. The molecule has 1 aromatic carbocycles. The van der Waals surface area contributed by atoms with Crippen LogP contribution in [0.25, 0.3) is 6.20 Å². The summed E-state index contributed by atoms with van der Waals surface area (Å²) in [7, 11) is 0. The smallest absolute Gasteiger partial charge is 0.191 e. The zero-order valence-electron chi connectivity index (χ0n) is 12.3. The predicted octanol–water partition coefficient (Wildman–Crippen LogP) is 3.69. The molecule has 0 atom stereocenters. The van der Waals surface area contributed by atoms with Crippen molar-refractivity contribution in [1.29, 1.82) is 0 Å².